The fraction of sp³-hybridized carbons (Fsp3) is 0.357. The number of aryl methyl sites for hydroxylation is 2. The molecular weight excluding hydrogens is 456 g/mol. The van der Waals surface area contributed by atoms with Gasteiger partial charge in [0.2, 0.25) is 11.8 Å². The molecule has 8 heteroatoms. The van der Waals surface area contributed by atoms with Gasteiger partial charge in [-0.3, -0.25) is 19.7 Å². The smallest absolute Gasteiger partial charge is 0.250 e. The zero-order valence-electron chi connectivity index (χ0n) is 21.0. The summed E-state index contributed by atoms with van der Waals surface area (Å²) in [5.74, 6) is 0.651. The molecule has 2 fully saturated rings. The van der Waals surface area contributed by atoms with Gasteiger partial charge in [-0.2, -0.15) is 0 Å². The van der Waals surface area contributed by atoms with Gasteiger partial charge in [-0.1, -0.05) is 43.0 Å². The molecular formula is C28H32N4O4. The van der Waals surface area contributed by atoms with Gasteiger partial charge >= 0.3 is 0 Å². The Bertz CT molecular complexity index is 1250. The van der Waals surface area contributed by atoms with Crippen molar-refractivity contribution in [3.63, 3.8) is 0 Å². The molecule has 188 valence electrons. The Morgan fingerprint density at radius 3 is 2.53 bits per heavy atom. The maximum Gasteiger partial charge on any atom is 0.250 e. The highest BCUT2D eigenvalue weighted by Crippen LogP contribution is 2.23. The van der Waals surface area contributed by atoms with Crippen LogP contribution in [-0.4, -0.2) is 44.8 Å². The second-order valence-corrected chi connectivity index (χ2v) is 9.25. The minimum absolute atomic E-state index is 0.169. The molecule has 0 radical (unpaired) electrons. The quantitative estimate of drug-likeness (QED) is 0.266. The third-order valence-electron chi connectivity index (χ3n) is 6.76. The van der Waals surface area contributed by atoms with E-state index >= 15 is 0 Å². The van der Waals surface area contributed by atoms with E-state index in [4.69, 9.17) is 4.74 Å². The molecule has 2 aliphatic heterocycles. The summed E-state index contributed by atoms with van der Waals surface area (Å²) in [6.07, 6.45) is 6.37. The number of aromatic nitrogens is 2. The van der Waals surface area contributed by atoms with Gasteiger partial charge in [-0.05, 0) is 50.8 Å². The molecule has 2 aromatic rings. The Morgan fingerprint density at radius 2 is 1.86 bits per heavy atom. The molecule has 1 unspecified atom stereocenters. The number of rotatable bonds is 8. The molecule has 0 saturated carbocycles. The van der Waals surface area contributed by atoms with Crippen LogP contribution in [0.2, 0.25) is 0 Å². The van der Waals surface area contributed by atoms with Crippen molar-refractivity contribution < 1.29 is 19.1 Å². The monoisotopic (exact) mass is 488 g/mol. The molecule has 0 spiro atoms. The van der Waals surface area contributed by atoms with Crippen LogP contribution in [0.4, 0.5) is 0 Å². The van der Waals surface area contributed by atoms with Crippen molar-refractivity contribution in [3.05, 3.63) is 88.7 Å². The van der Waals surface area contributed by atoms with Crippen molar-refractivity contribution in [2.24, 2.45) is 0 Å². The molecule has 3 heterocycles. The minimum Gasteiger partial charge on any atom is -0.490 e. The van der Waals surface area contributed by atoms with E-state index in [9.17, 15) is 14.4 Å². The van der Waals surface area contributed by atoms with Crippen molar-refractivity contribution in [1.82, 2.24) is 19.8 Å². The highest BCUT2D eigenvalue weighted by Gasteiger charge is 2.38. The molecule has 2 aliphatic rings. The van der Waals surface area contributed by atoms with E-state index in [0.29, 0.717) is 37.3 Å². The first-order valence-electron chi connectivity index (χ1n) is 12.1. The van der Waals surface area contributed by atoms with E-state index < -0.39 is 11.9 Å². The first kappa shape index (κ1) is 25.2. The summed E-state index contributed by atoms with van der Waals surface area (Å²) < 4.78 is 7.96. The summed E-state index contributed by atoms with van der Waals surface area (Å²) in [6.45, 7) is 11.7. The van der Waals surface area contributed by atoms with Gasteiger partial charge in [0.15, 0.2) is 0 Å². The first-order valence-corrected chi connectivity index (χ1v) is 12.1. The van der Waals surface area contributed by atoms with Crippen LogP contribution in [0.5, 0.6) is 0 Å². The number of benzene rings is 1. The van der Waals surface area contributed by atoms with Crippen molar-refractivity contribution in [1.29, 1.82) is 0 Å². The Balaban J connectivity index is 1.26. The van der Waals surface area contributed by atoms with E-state index in [-0.39, 0.29) is 18.2 Å². The molecule has 1 atom stereocenters. The van der Waals surface area contributed by atoms with E-state index in [0.717, 1.165) is 23.6 Å². The summed E-state index contributed by atoms with van der Waals surface area (Å²) in [5.41, 5.74) is 5.09. The number of hydrogen-bond acceptors (Lipinski definition) is 5. The Labute approximate surface area is 211 Å². The van der Waals surface area contributed by atoms with Crippen molar-refractivity contribution in [2.45, 2.75) is 59.2 Å². The number of carbonyl (C=O) groups is 3. The molecule has 1 N–H and O–H groups in total. The summed E-state index contributed by atoms with van der Waals surface area (Å²) >= 11 is 0. The largest absolute Gasteiger partial charge is 0.490 e. The Kier molecular flexibility index (Phi) is 7.52. The number of hydrogen-bond donors (Lipinski definition) is 1. The zero-order chi connectivity index (χ0) is 25.8. The van der Waals surface area contributed by atoms with Gasteiger partial charge in [0.25, 0.3) is 5.91 Å². The molecule has 1 aromatic carbocycles. The van der Waals surface area contributed by atoms with Crippen LogP contribution in [-0.2, 0) is 32.3 Å². The molecule has 0 bridgehead atoms. The van der Waals surface area contributed by atoms with Gasteiger partial charge in [0, 0.05) is 30.8 Å². The third kappa shape index (κ3) is 5.64. The third-order valence-corrected chi connectivity index (χ3v) is 6.76. The second-order valence-electron chi connectivity index (χ2n) is 9.25. The van der Waals surface area contributed by atoms with E-state index in [2.05, 4.69) is 40.5 Å². The number of piperidine rings is 1. The van der Waals surface area contributed by atoms with Gasteiger partial charge in [-0.15, -0.1) is 0 Å². The predicted molar refractivity (Wildman–Crippen MR) is 136 cm³/mol. The lowest BCUT2D eigenvalue weighted by molar-refractivity contribution is -0.142. The van der Waals surface area contributed by atoms with Gasteiger partial charge < -0.3 is 14.2 Å². The summed E-state index contributed by atoms with van der Waals surface area (Å²) in [4.78, 5) is 42.2. The van der Waals surface area contributed by atoms with E-state index in [1.807, 2.05) is 26.0 Å². The molecule has 2 saturated heterocycles. The van der Waals surface area contributed by atoms with Crippen molar-refractivity contribution >= 4 is 17.7 Å². The van der Waals surface area contributed by atoms with Gasteiger partial charge in [-0.25, -0.2) is 4.98 Å². The maximum atomic E-state index is 12.7. The van der Waals surface area contributed by atoms with Crippen molar-refractivity contribution in [3.8, 4) is 0 Å². The molecule has 8 nitrogen and oxygen atoms in total. The molecule has 4 rings (SSSR count). The Hall–Kier alpha value is -3.94. The maximum absolute atomic E-state index is 12.7. The number of likely N-dealkylation sites (tertiary alicyclic amines) is 1. The van der Waals surface area contributed by atoms with E-state index in [1.54, 1.807) is 23.1 Å². The summed E-state index contributed by atoms with van der Waals surface area (Å²) in [6, 6.07) is 7.70. The number of ether oxygens (including phenoxy) is 1. The molecule has 1 aromatic heterocycles. The lowest BCUT2D eigenvalue weighted by Crippen LogP contribution is -2.52. The van der Waals surface area contributed by atoms with Gasteiger partial charge in [0.05, 0.1) is 5.69 Å². The average Bonchev–Trinajstić information content (AvgIpc) is 3.32. The van der Waals surface area contributed by atoms with Crippen LogP contribution in [0, 0.1) is 20.8 Å². The van der Waals surface area contributed by atoms with Crippen LogP contribution in [0.1, 0.15) is 47.6 Å². The summed E-state index contributed by atoms with van der Waals surface area (Å²) in [5, 5.41) is 2.31. The van der Waals surface area contributed by atoms with Crippen LogP contribution < -0.4 is 5.32 Å². The number of allylic oxidation sites excluding steroid dienone is 3. The lowest BCUT2D eigenvalue weighted by Gasteiger charge is -2.29. The van der Waals surface area contributed by atoms with E-state index in [1.165, 1.54) is 11.3 Å². The van der Waals surface area contributed by atoms with Crippen molar-refractivity contribution in [2.75, 3.05) is 6.54 Å². The van der Waals surface area contributed by atoms with Crippen LogP contribution in [0.3, 0.4) is 0 Å². The average molecular weight is 489 g/mol. The SMILES string of the molecule is C=C(/C=C\C=C1/CCN(C2CCC(=O)NC2=O)C1=O)OCc1ccc(Cn2c(C)nc(C)c2C)cc1. The van der Waals surface area contributed by atoms with Crippen LogP contribution in [0.15, 0.2) is 60.4 Å². The zero-order valence-corrected chi connectivity index (χ0v) is 21.0. The summed E-state index contributed by atoms with van der Waals surface area (Å²) in [7, 11) is 0. The van der Waals surface area contributed by atoms with Crippen LogP contribution >= 0.6 is 0 Å². The lowest BCUT2D eigenvalue weighted by atomic mass is 10.0. The topological polar surface area (TPSA) is 93.5 Å². The minimum atomic E-state index is -0.577. The standard InChI is InChI=1S/C28H32N4O4/c1-18(6-5-7-24-14-15-31(28(24)35)25-12-13-26(33)30-27(25)34)36-17-23-10-8-22(9-11-23)16-32-20(3)19(2)29-21(32)4/h5-11,25H,1,12-17H2,2-4H3,(H,30,33,34)/b6-5-,24-7+. The number of imide groups is 1. The normalized spacial score (nSPS) is 19.4. The fourth-order valence-corrected chi connectivity index (χ4v) is 4.54. The molecule has 36 heavy (non-hydrogen) atoms. The second kappa shape index (κ2) is 10.8. The Morgan fingerprint density at radius 1 is 1.14 bits per heavy atom. The van der Waals surface area contributed by atoms with Crippen LogP contribution in [0.25, 0.3) is 0 Å². The predicted octanol–water partition coefficient (Wildman–Crippen LogP) is 3.41. The molecule has 0 aliphatic carbocycles. The number of nitrogens with one attached hydrogen (secondary N) is 1. The fourth-order valence-electron chi connectivity index (χ4n) is 4.54. The number of amides is 3. The highest BCUT2D eigenvalue weighted by molar-refractivity contribution is 6.04. The first-order chi connectivity index (χ1) is 17.2. The number of imidazole rings is 1. The molecule has 3 amide bonds. The number of nitrogens with zero attached hydrogens (tertiary/aromatic N) is 3. The number of carbonyl (C=O) groups excluding carboxylic acids is 3. The highest BCUT2D eigenvalue weighted by atomic mass is 16.5. The van der Waals surface area contributed by atoms with Gasteiger partial charge in [0.1, 0.15) is 24.2 Å².